The lowest BCUT2D eigenvalue weighted by molar-refractivity contribution is -0.138. The van der Waals surface area contributed by atoms with Gasteiger partial charge in [0.25, 0.3) is 5.56 Å². The van der Waals surface area contributed by atoms with Gasteiger partial charge in [0, 0.05) is 19.6 Å². The van der Waals surface area contributed by atoms with E-state index in [4.69, 9.17) is 19.7 Å². The summed E-state index contributed by atoms with van der Waals surface area (Å²) in [6, 6.07) is 22.4. The molecule has 1 aliphatic heterocycles. The van der Waals surface area contributed by atoms with Gasteiger partial charge in [-0.3, -0.25) is 9.36 Å². The lowest BCUT2D eigenvalue weighted by Gasteiger charge is -2.26. The highest BCUT2D eigenvalue weighted by molar-refractivity contribution is 14.1. The van der Waals surface area contributed by atoms with Gasteiger partial charge in [0.15, 0.2) is 11.4 Å². The Balaban J connectivity index is 1.82. The Morgan fingerprint density at radius 2 is 1.90 bits per heavy atom. The Labute approximate surface area is 277 Å². The number of ether oxygens (including phenoxy) is 2. The van der Waals surface area contributed by atoms with Gasteiger partial charge in [-0.2, -0.15) is 5.26 Å². The number of esters is 1. The van der Waals surface area contributed by atoms with E-state index in [-0.39, 0.29) is 18.8 Å². The van der Waals surface area contributed by atoms with Crippen molar-refractivity contribution in [2.45, 2.75) is 17.9 Å². The number of rotatable bonds is 8. The molecular formula is C31H23I2N3O4S2. The van der Waals surface area contributed by atoms with E-state index in [1.165, 1.54) is 11.3 Å². The van der Waals surface area contributed by atoms with Crippen LogP contribution in [0.3, 0.4) is 0 Å². The Morgan fingerprint density at radius 1 is 1.17 bits per heavy atom. The summed E-state index contributed by atoms with van der Waals surface area (Å²) in [5.41, 5.74) is 2.70. The number of halogens is 2. The number of thiazole rings is 1. The minimum Gasteiger partial charge on any atom is -0.477 e. The first-order valence-corrected chi connectivity index (χ1v) is 17.0. The van der Waals surface area contributed by atoms with Gasteiger partial charge in [-0.1, -0.05) is 53.8 Å². The number of carbonyl (C=O) groups is 1. The van der Waals surface area contributed by atoms with Crippen LogP contribution in [0.2, 0.25) is 0 Å². The van der Waals surface area contributed by atoms with Crippen LogP contribution in [0.15, 0.2) is 87.0 Å². The summed E-state index contributed by atoms with van der Waals surface area (Å²) in [5, 5.41) is 9.11. The number of carbonyl (C=O) groups excluding carboxylic acids is 1. The van der Waals surface area contributed by atoms with Crippen molar-refractivity contribution >= 4 is 86.0 Å². The van der Waals surface area contributed by atoms with Gasteiger partial charge in [-0.25, -0.2) is 9.79 Å². The third-order valence-corrected chi connectivity index (χ3v) is 9.56. The normalized spacial score (nSPS) is 14.6. The lowest BCUT2D eigenvalue weighted by Crippen LogP contribution is -2.40. The first-order valence-electron chi connectivity index (χ1n) is 12.8. The van der Waals surface area contributed by atoms with E-state index < -0.39 is 12.0 Å². The molecule has 0 saturated carbocycles. The van der Waals surface area contributed by atoms with Gasteiger partial charge >= 0.3 is 5.97 Å². The lowest BCUT2D eigenvalue weighted by atomic mass is 9.93. The van der Waals surface area contributed by atoms with Crippen molar-refractivity contribution < 1.29 is 14.3 Å². The van der Waals surface area contributed by atoms with Crippen molar-refractivity contribution in [1.82, 2.24) is 4.57 Å². The molecule has 0 spiro atoms. The van der Waals surface area contributed by atoms with Crippen LogP contribution in [0.4, 0.5) is 0 Å². The number of aromatic nitrogens is 1. The second-order valence-electron chi connectivity index (χ2n) is 8.96. The van der Waals surface area contributed by atoms with Gasteiger partial charge in [-0.05, 0) is 94.3 Å². The molecule has 1 aliphatic rings. The van der Waals surface area contributed by atoms with Crippen LogP contribution in [0, 0.1) is 18.5 Å². The van der Waals surface area contributed by atoms with E-state index in [0.29, 0.717) is 31.9 Å². The zero-order valence-electron chi connectivity index (χ0n) is 22.5. The van der Waals surface area contributed by atoms with Crippen LogP contribution in [0.25, 0.3) is 11.8 Å². The summed E-state index contributed by atoms with van der Waals surface area (Å²) < 4.78 is 15.1. The smallest absolute Gasteiger partial charge is 0.338 e. The fraction of sp³-hybridized carbons (Fsp3) is 0.161. The number of thioether (sulfide) groups is 1. The minimum absolute atomic E-state index is 0.117. The van der Waals surface area contributed by atoms with Gasteiger partial charge in [0.1, 0.15) is 11.8 Å². The molecule has 0 N–H and O–H groups in total. The largest absolute Gasteiger partial charge is 0.477 e. The molecule has 2 heterocycles. The maximum Gasteiger partial charge on any atom is 0.338 e. The molecule has 7 nitrogen and oxygen atoms in total. The number of hydrogen-bond donors (Lipinski definition) is 0. The molecule has 0 amide bonds. The van der Waals surface area contributed by atoms with Crippen LogP contribution >= 0.6 is 68.3 Å². The fourth-order valence-electron chi connectivity index (χ4n) is 4.63. The molecular weight excluding hydrogens is 796 g/mol. The monoisotopic (exact) mass is 819 g/mol. The number of hydrogen-bond acceptors (Lipinski definition) is 8. The van der Waals surface area contributed by atoms with Crippen molar-refractivity contribution in [3.63, 3.8) is 0 Å². The Hall–Kier alpha value is -2.93. The Kier molecular flexibility index (Phi) is 9.87. The van der Waals surface area contributed by atoms with Crippen LogP contribution in [0.1, 0.15) is 29.7 Å². The number of nitrogens with zero attached hydrogens (tertiary/aromatic N) is 3. The second kappa shape index (κ2) is 13.6. The Morgan fingerprint density at radius 3 is 2.57 bits per heavy atom. The quantitative estimate of drug-likeness (QED) is 0.128. The van der Waals surface area contributed by atoms with Crippen LogP contribution < -0.4 is 19.6 Å². The van der Waals surface area contributed by atoms with Crippen molar-refractivity contribution in [2.75, 3.05) is 19.5 Å². The molecule has 0 radical (unpaired) electrons. The summed E-state index contributed by atoms with van der Waals surface area (Å²) in [6.45, 7) is 1.82. The third-order valence-electron chi connectivity index (χ3n) is 6.41. The maximum atomic E-state index is 14.2. The summed E-state index contributed by atoms with van der Waals surface area (Å²) >= 11 is 7.24. The van der Waals surface area contributed by atoms with E-state index in [2.05, 4.69) is 45.2 Å². The first kappa shape index (κ1) is 30.5. The van der Waals surface area contributed by atoms with Crippen molar-refractivity contribution in [3.8, 4) is 11.8 Å². The molecule has 11 heteroatoms. The standard InChI is InChI=1S/C31H23I2N3O4S2/c1-3-39-30(38)25-26(18-7-5-4-6-8-18)35-31-36(27(25)19-9-11-22(41-2)12-10-19)29(37)24(42-31)16-20-15-21(32)17-23(33)28(20)40-14-13-34/h4-12,15-17,27H,3,14H2,1-2H3/b24-16-/t27-/m1/s1. The molecule has 0 saturated heterocycles. The van der Waals surface area contributed by atoms with Crippen molar-refractivity contribution in [3.05, 3.63) is 116 Å². The van der Waals surface area contributed by atoms with Crippen LogP contribution in [0.5, 0.6) is 5.75 Å². The van der Waals surface area contributed by atoms with Crippen LogP contribution in [-0.4, -0.2) is 30.0 Å². The SMILES string of the molecule is CCOC(=O)C1=C(c2ccccc2)N=c2s/c(=C\c3cc(I)cc(I)c3OCC#N)c(=O)n2[C@@H]1c1ccc(SC)cc1. The fourth-order valence-corrected chi connectivity index (χ4v) is 8.07. The maximum absolute atomic E-state index is 14.2. The summed E-state index contributed by atoms with van der Waals surface area (Å²) in [6.07, 6.45) is 3.76. The molecule has 1 atom stereocenters. The molecule has 5 rings (SSSR count). The molecule has 42 heavy (non-hydrogen) atoms. The highest BCUT2D eigenvalue weighted by Crippen LogP contribution is 2.36. The highest BCUT2D eigenvalue weighted by atomic mass is 127. The molecule has 212 valence electrons. The van der Waals surface area contributed by atoms with E-state index >= 15 is 0 Å². The molecule has 3 aromatic carbocycles. The van der Waals surface area contributed by atoms with Crippen molar-refractivity contribution in [1.29, 1.82) is 5.26 Å². The highest BCUT2D eigenvalue weighted by Gasteiger charge is 2.35. The zero-order chi connectivity index (χ0) is 29.8. The summed E-state index contributed by atoms with van der Waals surface area (Å²) in [5.74, 6) is 0.0116. The molecule has 0 bridgehead atoms. The topological polar surface area (TPSA) is 93.7 Å². The molecule has 0 aliphatic carbocycles. The average Bonchev–Trinajstić information content (AvgIpc) is 3.30. The van der Waals surface area contributed by atoms with E-state index in [0.717, 1.165) is 23.2 Å². The zero-order valence-corrected chi connectivity index (χ0v) is 28.4. The summed E-state index contributed by atoms with van der Waals surface area (Å²) in [4.78, 5) is 34.2. The Bertz CT molecular complexity index is 1910. The van der Waals surface area contributed by atoms with Gasteiger partial charge < -0.3 is 9.47 Å². The van der Waals surface area contributed by atoms with Gasteiger partial charge in [0.05, 0.1) is 32.0 Å². The minimum atomic E-state index is -0.751. The van der Waals surface area contributed by atoms with E-state index in [9.17, 15) is 9.59 Å². The van der Waals surface area contributed by atoms with Crippen molar-refractivity contribution in [2.24, 2.45) is 4.99 Å². The predicted molar refractivity (Wildman–Crippen MR) is 182 cm³/mol. The van der Waals surface area contributed by atoms with Gasteiger partial charge in [-0.15, -0.1) is 11.8 Å². The van der Waals surface area contributed by atoms with E-state index in [1.54, 1.807) is 29.3 Å². The van der Waals surface area contributed by atoms with Crippen LogP contribution in [-0.2, 0) is 9.53 Å². The molecule has 0 unspecified atom stereocenters. The average molecular weight is 819 g/mol. The number of fused-ring (bicyclic) bond motifs is 1. The molecule has 4 aromatic rings. The second-order valence-corrected chi connectivity index (χ2v) is 13.3. The predicted octanol–water partition coefficient (Wildman–Crippen LogP) is 5.77. The third kappa shape index (κ3) is 6.22. The van der Waals surface area contributed by atoms with Gasteiger partial charge in [0.2, 0.25) is 0 Å². The summed E-state index contributed by atoms with van der Waals surface area (Å²) in [7, 11) is 0. The first-order chi connectivity index (χ1) is 20.4. The number of nitriles is 1. The number of benzene rings is 3. The molecule has 0 fully saturated rings. The van der Waals surface area contributed by atoms with E-state index in [1.807, 2.05) is 79.1 Å². The molecule has 1 aromatic heterocycles.